The minimum absolute atomic E-state index is 0.181. The van der Waals surface area contributed by atoms with Crippen molar-refractivity contribution in [2.75, 3.05) is 20.1 Å². The number of pyridine rings is 1. The maximum Gasteiger partial charge on any atom is 0.332 e. The summed E-state index contributed by atoms with van der Waals surface area (Å²) >= 11 is 0. The molecule has 0 unspecified atom stereocenters. The van der Waals surface area contributed by atoms with E-state index in [9.17, 15) is 14.4 Å². The second-order valence-electron chi connectivity index (χ2n) is 4.99. The molecule has 2 aromatic heterocycles. The van der Waals surface area contributed by atoms with Gasteiger partial charge in [0.05, 0.1) is 5.39 Å². The van der Waals surface area contributed by atoms with Gasteiger partial charge in [0.15, 0.2) is 0 Å². The van der Waals surface area contributed by atoms with E-state index in [-0.39, 0.29) is 17.2 Å². The zero-order valence-corrected chi connectivity index (χ0v) is 12.8. The van der Waals surface area contributed by atoms with Gasteiger partial charge in [0, 0.05) is 20.6 Å². The molecule has 0 aromatic carbocycles. The normalized spacial score (nSPS) is 10.9. The molecule has 2 N–H and O–H groups in total. The van der Waals surface area contributed by atoms with Crippen LogP contribution >= 0.6 is 0 Å². The number of fused-ring (bicyclic) bond motifs is 1. The van der Waals surface area contributed by atoms with Crippen LogP contribution in [0.3, 0.4) is 0 Å². The number of carbonyl (C=O) groups is 1. The average Bonchev–Trinajstić information content (AvgIpc) is 2.54. The molecule has 22 heavy (non-hydrogen) atoms. The summed E-state index contributed by atoms with van der Waals surface area (Å²) in [7, 11) is 4.77. The van der Waals surface area contributed by atoms with Gasteiger partial charge in [0.2, 0.25) is 0 Å². The Morgan fingerprint density at radius 1 is 1.18 bits per heavy atom. The topological polar surface area (TPSA) is 98.0 Å². The Hall–Kier alpha value is -2.48. The van der Waals surface area contributed by atoms with Crippen molar-refractivity contribution >= 4 is 16.9 Å². The number of carbonyl (C=O) groups excluding carboxylic acids is 1. The number of hydrogen-bond acceptors (Lipinski definition) is 5. The number of nitrogens with zero attached hydrogens (tertiary/aromatic N) is 3. The molecule has 2 heterocycles. The first-order valence-electron chi connectivity index (χ1n) is 6.97. The van der Waals surface area contributed by atoms with Crippen LogP contribution in [-0.4, -0.2) is 40.2 Å². The summed E-state index contributed by atoms with van der Waals surface area (Å²) in [6.07, 6.45) is 0.800. The van der Waals surface area contributed by atoms with Crippen molar-refractivity contribution in [2.24, 2.45) is 14.1 Å². The van der Waals surface area contributed by atoms with Crippen LogP contribution in [0.25, 0.3) is 11.0 Å². The first-order valence-corrected chi connectivity index (χ1v) is 6.97. The molecule has 0 saturated heterocycles. The van der Waals surface area contributed by atoms with Gasteiger partial charge in [-0.1, -0.05) is 0 Å². The molecule has 8 nitrogen and oxygen atoms in total. The number of rotatable bonds is 5. The highest BCUT2D eigenvalue weighted by atomic mass is 16.2. The van der Waals surface area contributed by atoms with E-state index in [1.54, 1.807) is 0 Å². The van der Waals surface area contributed by atoms with Crippen molar-refractivity contribution in [3.8, 4) is 0 Å². The van der Waals surface area contributed by atoms with Gasteiger partial charge in [-0.05, 0) is 32.1 Å². The maximum atomic E-state index is 12.0. The molecule has 118 valence electrons. The van der Waals surface area contributed by atoms with E-state index < -0.39 is 11.2 Å². The average molecular weight is 305 g/mol. The number of aromatic nitrogens is 3. The van der Waals surface area contributed by atoms with Gasteiger partial charge in [-0.15, -0.1) is 0 Å². The zero-order valence-electron chi connectivity index (χ0n) is 12.8. The summed E-state index contributed by atoms with van der Waals surface area (Å²) in [5, 5.41) is 6.04. The highest BCUT2D eigenvalue weighted by molar-refractivity contribution is 5.94. The van der Waals surface area contributed by atoms with Gasteiger partial charge < -0.3 is 10.6 Å². The van der Waals surface area contributed by atoms with Crippen LogP contribution in [0, 0.1) is 0 Å². The Morgan fingerprint density at radius 2 is 1.91 bits per heavy atom. The monoisotopic (exact) mass is 305 g/mol. The van der Waals surface area contributed by atoms with Crippen LogP contribution in [0.4, 0.5) is 0 Å². The molecule has 0 spiro atoms. The summed E-state index contributed by atoms with van der Waals surface area (Å²) in [5.74, 6) is -0.328. The smallest absolute Gasteiger partial charge is 0.332 e. The van der Waals surface area contributed by atoms with Crippen molar-refractivity contribution in [1.29, 1.82) is 0 Å². The molecule has 0 aliphatic rings. The van der Waals surface area contributed by atoms with Crippen molar-refractivity contribution in [2.45, 2.75) is 6.42 Å². The van der Waals surface area contributed by atoms with Crippen LogP contribution in [0.1, 0.15) is 16.9 Å². The van der Waals surface area contributed by atoms with Crippen LogP contribution in [-0.2, 0) is 14.1 Å². The first kappa shape index (κ1) is 15.9. The van der Waals surface area contributed by atoms with E-state index in [2.05, 4.69) is 15.6 Å². The Balaban J connectivity index is 2.37. The van der Waals surface area contributed by atoms with Gasteiger partial charge in [-0.3, -0.25) is 18.7 Å². The summed E-state index contributed by atoms with van der Waals surface area (Å²) < 4.78 is 2.27. The molecule has 2 aromatic rings. The van der Waals surface area contributed by atoms with Gasteiger partial charge in [-0.25, -0.2) is 9.78 Å². The van der Waals surface area contributed by atoms with Gasteiger partial charge in [0.1, 0.15) is 11.3 Å². The van der Waals surface area contributed by atoms with Gasteiger partial charge in [0.25, 0.3) is 11.5 Å². The third kappa shape index (κ3) is 2.91. The molecular formula is C14H19N5O3. The Morgan fingerprint density at radius 3 is 2.59 bits per heavy atom. The van der Waals surface area contributed by atoms with E-state index in [4.69, 9.17) is 0 Å². The molecule has 2 rings (SSSR count). The highest BCUT2D eigenvalue weighted by Gasteiger charge is 2.13. The Labute approximate surface area is 126 Å². The number of hydrogen-bond donors (Lipinski definition) is 2. The summed E-state index contributed by atoms with van der Waals surface area (Å²) in [6.45, 7) is 1.32. The molecule has 0 saturated carbocycles. The van der Waals surface area contributed by atoms with Crippen molar-refractivity contribution < 1.29 is 4.79 Å². The highest BCUT2D eigenvalue weighted by Crippen LogP contribution is 2.06. The zero-order chi connectivity index (χ0) is 16.3. The molecular weight excluding hydrogens is 286 g/mol. The fourth-order valence-electron chi connectivity index (χ4n) is 2.14. The molecule has 0 atom stereocenters. The summed E-state index contributed by atoms with van der Waals surface area (Å²) in [6, 6.07) is 3.01. The van der Waals surface area contributed by atoms with Crippen molar-refractivity contribution in [3.63, 3.8) is 0 Å². The van der Waals surface area contributed by atoms with E-state index in [0.717, 1.165) is 17.5 Å². The largest absolute Gasteiger partial charge is 0.351 e. The van der Waals surface area contributed by atoms with E-state index in [0.29, 0.717) is 11.9 Å². The van der Waals surface area contributed by atoms with Crippen LogP contribution in [0.15, 0.2) is 21.7 Å². The Kier molecular flexibility index (Phi) is 4.71. The minimum Gasteiger partial charge on any atom is -0.351 e. The second kappa shape index (κ2) is 6.52. The molecule has 0 aliphatic heterocycles. The maximum absolute atomic E-state index is 12.0. The van der Waals surface area contributed by atoms with Gasteiger partial charge >= 0.3 is 5.69 Å². The van der Waals surface area contributed by atoms with Crippen LogP contribution in [0.5, 0.6) is 0 Å². The van der Waals surface area contributed by atoms with E-state index in [1.165, 1.54) is 30.8 Å². The first-order chi connectivity index (χ1) is 10.5. The predicted octanol–water partition coefficient (Wildman–Crippen LogP) is -1.03. The molecule has 0 aliphatic carbocycles. The lowest BCUT2D eigenvalue weighted by Gasteiger charge is -2.08. The second-order valence-corrected chi connectivity index (χ2v) is 4.99. The molecule has 0 radical (unpaired) electrons. The lowest BCUT2D eigenvalue weighted by Crippen LogP contribution is -2.37. The Bertz CT molecular complexity index is 822. The molecule has 8 heteroatoms. The standard InChI is InChI=1S/C14H19N5O3/c1-15-7-4-8-16-12(20)10-6-5-9-11(17-10)18(2)14(22)19(3)13(9)21/h5-6,15H,4,7-8H2,1-3H3,(H,16,20). The predicted molar refractivity (Wildman–Crippen MR) is 83.1 cm³/mol. The van der Waals surface area contributed by atoms with Crippen molar-refractivity contribution in [1.82, 2.24) is 24.8 Å². The van der Waals surface area contributed by atoms with Crippen LogP contribution < -0.4 is 21.9 Å². The molecule has 1 amide bonds. The van der Waals surface area contributed by atoms with E-state index in [1.807, 2.05) is 7.05 Å². The van der Waals surface area contributed by atoms with Gasteiger partial charge in [-0.2, -0.15) is 0 Å². The number of aryl methyl sites for hydroxylation is 1. The van der Waals surface area contributed by atoms with Crippen LogP contribution in [0.2, 0.25) is 0 Å². The SMILES string of the molecule is CNCCCNC(=O)c1ccc2c(=O)n(C)c(=O)n(C)c2n1. The number of amides is 1. The molecule has 0 fully saturated rings. The van der Waals surface area contributed by atoms with Crippen molar-refractivity contribution in [3.05, 3.63) is 38.7 Å². The summed E-state index contributed by atoms with van der Waals surface area (Å²) in [4.78, 5) is 40.1. The quantitative estimate of drug-likeness (QED) is 0.689. The summed E-state index contributed by atoms with van der Waals surface area (Å²) in [5.41, 5.74) is -0.514. The molecule has 0 bridgehead atoms. The van der Waals surface area contributed by atoms with E-state index >= 15 is 0 Å². The minimum atomic E-state index is -0.475. The fourth-order valence-corrected chi connectivity index (χ4v) is 2.14. The third-order valence-corrected chi connectivity index (χ3v) is 3.42. The third-order valence-electron chi connectivity index (χ3n) is 3.42. The lowest BCUT2D eigenvalue weighted by atomic mass is 10.2. The number of nitrogens with one attached hydrogen (secondary N) is 2. The fraction of sp³-hybridized carbons (Fsp3) is 0.429. The lowest BCUT2D eigenvalue weighted by molar-refractivity contribution is 0.0948.